The van der Waals surface area contributed by atoms with E-state index in [2.05, 4.69) is 10.6 Å². The molecule has 10 heteroatoms. The lowest BCUT2D eigenvalue weighted by Gasteiger charge is -2.31. The number of carbonyl (C=O) groups is 2. The zero-order valence-corrected chi connectivity index (χ0v) is 21.7. The first-order valence-corrected chi connectivity index (χ1v) is 13.5. The van der Waals surface area contributed by atoms with Crippen molar-refractivity contribution >= 4 is 17.6 Å². The van der Waals surface area contributed by atoms with E-state index in [1.165, 1.54) is 19.2 Å². The third kappa shape index (κ3) is 5.71. The molecule has 3 aliphatic rings. The summed E-state index contributed by atoms with van der Waals surface area (Å²) in [5.74, 6) is -3.56. The minimum atomic E-state index is -0.823. The number of carboxylic acid groups (broad SMARTS) is 1. The van der Waals surface area contributed by atoms with Crippen LogP contribution in [0.5, 0.6) is 11.5 Å². The number of hydrogen-bond acceptors (Lipinski definition) is 5. The van der Waals surface area contributed by atoms with E-state index >= 15 is 0 Å². The van der Waals surface area contributed by atoms with Crippen molar-refractivity contribution in [2.75, 3.05) is 12.4 Å². The van der Waals surface area contributed by atoms with Gasteiger partial charge in [0, 0.05) is 24.2 Å². The molecule has 0 unspecified atom stereocenters. The number of carbonyl (C=O) groups excluding carboxylic acids is 1. The Balaban J connectivity index is 1.28. The van der Waals surface area contributed by atoms with Gasteiger partial charge in [0.1, 0.15) is 23.1 Å². The van der Waals surface area contributed by atoms with Gasteiger partial charge in [0.25, 0.3) is 0 Å². The number of rotatable bonds is 9. The number of anilines is 1. The molecule has 3 aliphatic carbocycles. The maximum Gasteiger partial charge on any atom is 0.306 e. The molecular weight excluding hydrogens is 513 g/mol. The SMILES string of the molecule is COc1cc(F)c(OC2CCC(C(=O)O)CC2)cc1CN[C@@H]1[C@H]2CC[C@H](C2)[C@@H]1C(=O)Nc1c(F)cccc1F. The van der Waals surface area contributed by atoms with Gasteiger partial charge >= 0.3 is 5.97 Å². The highest BCUT2D eigenvalue weighted by Crippen LogP contribution is 2.49. The Kier molecular flexibility index (Phi) is 8.02. The lowest BCUT2D eigenvalue weighted by molar-refractivity contribution is -0.143. The van der Waals surface area contributed by atoms with Gasteiger partial charge in [-0.2, -0.15) is 0 Å². The first-order valence-electron chi connectivity index (χ1n) is 13.5. The number of fused-ring (bicyclic) bond motifs is 2. The second-order valence-corrected chi connectivity index (χ2v) is 10.9. The number of halogens is 3. The molecule has 0 heterocycles. The van der Waals surface area contributed by atoms with Gasteiger partial charge in [-0.05, 0) is 75.0 Å². The standard InChI is InChI=1S/C29H33F3N2O5/c1-38-23-13-22(32)24(39-19-9-7-15(8-10-19)29(36)37)12-18(23)14-33-26-17-6-5-16(11-17)25(26)28(35)34-27-20(30)3-2-4-21(27)31/h2-4,12-13,15-17,19,25-26,33H,5-11,14H2,1H3,(H,34,35)(H,36,37)/t15?,16-,17+,19?,25+,26-/m1/s1. The van der Waals surface area contributed by atoms with Gasteiger partial charge in [-0.25, -0.2) is 13.2 Å². The second kappa shape index (κ2) is 11.5. The normalized spacial score (nSPS) is 27.8. The molecule has 1 amide bonds. The Bertz CT molecular complexity index is 1210. The lowest BCUT2D eigenvalue weighted by Crippen LogP contribution is -2.46. The summed E-state index contributed by atoms with van der Waals surface area (Å²) in [5.41, 5.74) is 0.207. The number of hydrogen-bond donors (Lipinski definition) is 3. The van der Waals surface area contributed by atoms with Crippen LogP contribution < -0.4 is 20.1 Å². The van der Waals surface area contributed by atoms with Crippen LogP contribution in [-0.2, 0) is 16.1 Å². The highest BCUT2D eigenvalue weighted by Gasteiger charge is 2.50. The van der Waals surface area contributed by atoms with E-state index in [0.29, 0.717) is 37.0 Å². The van der Waals surface area contributed by atoms with E-state index in [9.17, 15) is 27.9 Å². The quantitative estimate of drug-likeness (QED) is 0.396. The van der Waals surface area contributed by atoms with Gasteiger partial charge in [0.05, 0.1) is 25.0 Å². The van der Waals surface area contributed by atoms with Crippen LogP contribution in [0.1, 0.15) is 50.5 Å². The van der Waals surface area contributed by atoms with E-state index in [1.54, 1.807) is 6.07 Å². The van der Waals surface area contributed by atoms with Gasteiger partial charge < -0.3 is 25.2 Å². The molecule has 0 saturated heterocycles. The molecule has 0 aliphatic heterocycles. The number of para-hydroxylation sites is 1. The van der Waals surface area contributed by atoms with E-state index in [-0.39, 0.29) is 36.3 Å². The molecule has 4 atom stereocenters. The summed E-state index contributed by atoms with van der Waals surface area (Å²) in [7, 11) is 1.45. The van der Waals surface area contributed by atoms with Gasteiger partial charge in [-0.15, -0.1) is 0 Å². The van der Waals surface area contributed by atoms with E-state index in [1.807, 2.05) is 0 Å². The fourth-order valence-electron chi connectivity index (χ4n) is 6.62. The summed E-state index contributed by atoms with van der Waals surface area (Å²) in [6.07, 6.45) is 4.43. The Morgan fingerprint density at radius 1 is 0.949 bits per heavy atom. The van der Waals surface area contributed by atoms with Crippen molar-refractivity contribution in [3.63, 3.8) is 0 Å². The molecule has 3 fully saturated rings. The largest absolute Gasteiger partial charge is 0.496 e. The van der Waals surface area contributed by atoms with E-state index < -0.39 is 46.9 Å². The number of ether oxygens (including phenoxy) is 2. The summed E-state index contributed by atoms with van der Waals surface area (Å²) < 4.78 is 54.5. The Labute approximate surface area is 225 Å². The number of aliphatic carboxylic acids is 1. The van der Waals surface area contributed by atoms with Crippen LogP contribution in [0.15, 0.2) is 30.3 Å². The Morgan fingerprint density at radius 2 is 1.64 bits per heavy atom. The molecule has 7 nitrogen and oxygen atoms in total. The van der Waals surface area contributed by atoms with Crippen LogP contribution in [0, 0.1) is 41.1 Å². The van der Waals surface area contributed by atoms with Crippen LogP contribution in [0.25, 0.3) is 0 Å². The fraction of sp³-hybridized carbons (Fsp3) is 0.517. The molecule has 0 spiro atoms. The predicted molar refractivity (Wildman–Crippen MR) is 137 cm³/mol. The molecular formula is C29H33F3N2O5. The molecule has 210 valence electrons. The third-order valence-corrected chi connectivity index (χ3v) is 8.61. The first-order chi connectivity index (χ1) is 18.7. The maximum atomic E-state index is 14.8. The van der Waals surface area contributed by atoms with Crippen molar-refractivity contribution < 1.29 is 37.3 Å². The number of nitrogens with one attached hydrogen (secondary N) is 2. The van der Waals surface area contributed by atoms with Crippen molar-refractivity contribution in [3.05, 3.63) is 53.3 Å². The Hall–Kier alpha value is -3.27. The topological polar surface area (TPSA) is 96.9 Å². The molecule has 3 saturated carbocycles. The predicted octanol–water partition coefficient (Wildman–Crippen LogP) is 5.28. The summed E-state index contributed by atoms with van der Waals surface area (Å²) in [5, 5.41) is 15.1. The molecule has 5 rings (SSSR count). The molecule has 2 aromatic rings. The van der Waals surface area contributed by atoms with Crippen molar-refractivity contribution in [1.82, 2.24) is 5.32 Å². The average Bonchev–Trinajstić information content (AvgIpc) is 3.53. The number of amides is 1. The maximum absolute atomic E-state index is 14.8. The van der Waals surface area contributed by atoms with Gasteiger partial charge in [-0.3, -0.25) is 9.59 Å². The molecule has 39 heavy (non-hydrogen) atoms. The zero-order valence-electron chi connectivity index (χ0n) is 21.7. The van der Waals surface area contributed by atoms with Gasteiger partial charge in [0.2, 0.25) is 5.91 Å². The third-order valence-electron chi connectivity index (χ3n) is 8.61. The zero-order chi connectivity index (χ0) is 27.7. The van der Waals surface area contributed by atoms with Gasteiger partial charge in [-0.1, -0.05) is 6.07 Å². The summed E-state index contributed by atoms with van der Waals surface area (Å²) in [6, 6.07) is 6.09. The minimum Gasteiger partial charge on any atom is -0.496 e. The van der Waals surface area contributed by atoms with Crippen molar-refractivity contribution in [2.45, 2.75) is 63.6 Å². The molecule has 0 radical (unpaired) electrons. The van der Waals surface area contributed by atoms with Crippen molar-refractivity contribution in [3.8, 4) is 11.5 Å². The fourth-order valence-corrected chi connectivity index (χ4v) is 6.62. The van der Waals surface area contributed by atoms with Gasteiger partial charge in [0.15, 0.2) is 11.6 Å². The summed E-state index contributed by atoms with van der Waals surface area (Å²) in [6.45, 7) is 0.275. The van der Waals surface area contributed by atoms with E-state index in [0.717, 1.165) is 31.4 Å². The summed E-state index contributed by atoms with van der Waals surface area (Å²) >= 11 is 0. The molecule has 2 aromatic carbocycles. The van der Waals surface area contributed by atoms with Crippen molar-refractivity contribution in [1.29, 1.82) is 0 Å². The number of methoxy groups -OCH3 is 1. The average molecular weight is 547 g/mol. The van der Waals surface area contributed by atoms with Crippen molar-refractivity contribution in [2.24, 2.45) is 23.7 Å². The number of carboxylic acids is 1. The number of benzene rings is 2. The van der Waals surface area contributed by atoms with Crippen LogP contribution in [0.3, 0.4) is 0 Å². The highest BCUT2D eigenvalue weighted by molar-refractivity contribution is 5.94. The molecule has 2 bridgehead atoms. The second-order valence-electron chi connectivity index (χ2n) is 10.9. The molecule has 0 aromatic heterocycles. The van der Waals surface area contributed by atoms with Crippen LogP contribution >= 0.6 is 0 Å². The molecule has 3 N–H and O–H groups in total. The highest BCUT2D eigenvalue weighted by atomic mass is 19.1. The lowest BCUT2D eigenvalue weighted by atomic mass is 9.83. The van der Waals surface area contributed by atoms with Crippen LogP contribution in [-0.4, -0.2) is 36.2 Å². The van der Waals surface area contributed by atoms with Crippen LogP contribution in [0.2, 0.25) is 0 Å². The minimum absolute atomic E-state index is 0.0728. The van der Waals surface area contributed by atoms with Crippen LogP contribution in [0.4, 0.5) is 18.9 Å². The smallest absolute Gasteiger partial charge is 0.306 e. The van der Waals surface area contributed by atoms with E-state index in [4.69, 9.17) is 9.47 Å². The monoisotopic (exact) mass is 546 g/mol. The first kappa shape index (κ1) is 27.3. The summed E-state index contributed by atoms with van der Waals surface area (Å²) in [4.78, 5) is 24.4. The Morgan fingerprint density at radius 3 is 2.31 bits per heavy atom.